The van der Waals surface area contributed by atoms with Crippen LogP contribution in [0.3, 0.4) is 0 Å². The summed E-state index contributed by atoms with van der Waals surface area (Å²) in [6.45, 7) is 3.27. The molecule has 1 N–H and O–H groups in total. The standard InChI is InChI=1S/C14H19N3/c1-17-8-6-14(7-9-17)16-11-13-4-2-12(10-15)3-5-13/h2-5,14,16H,6-9,11H2,1H3. The van der Waals surface area contributed by atoms with E-state index in [2.05, 4.69) is 23.3 Å². The van der Waals surface area contributed by atoms with Crippen molar-refractivity contribution in [3.05, 3.63) is 35.4 Å². The molecule has 0 aromatic heterocycles. The molecule has 0 bridgehead atoms. The molecule has 1 aliphatic rings. The van der Waals surface area contributed by atoms with Crippen LogP contribution in [0.5, 0.6) is 0 Å². The second kappa shape index (κ2) is 5.81. The van der Waals surface area contributed by atoms with Crippen LogP contribution in [-0.4, -0.2) is 31.1 Å². The van der Waals surface area contributed by atoms with Gasteiger partial charge in [-0.2, -0.15) is 5.26 Å². The summed E-state index contributed by atoms with van der Waals surface area (Å²) < 4.78 is 0. The first-order valence-corrected chi connectivity index (χ1v) is 6.19. The van der Waals surface area contributed by atoms with Crippen molar-refractivity contribution in [2.45, 2.75) is 25.4 Å². The molecule has 0 unspecified atom stereocenters. The van der Waals surface area contributed by atoms with Gasteiger partial charge in [-0.05, 0) is 50.7 Å². The van der Waals surface area contributed by atoms with Crippen LogP contribution < -0.4 is 5.32 Å². The lowest BCUT2D eigenvalue weighted by Gasteiger charge is -2.29. The number of hydrogen-bond donors (Lipinski definition) is 1. The molecule has 3 nitrogen and oxygen atoms in total. The van der Waals surface area contributed by atoms with Gasteiger partial charge in [-0.3, -0.25) is 0 Å². The van der Waals surface area contributed by atoms with Crippen molar-refractivity contribution in [1.29, 1.82) is 5.26 Å². The molecule has 0 atom stereocenters. The highest BCUT2D eigenvalue weighted by Gasteiger charge is 2.15. The van der Waals surface area contributed by atoms with E-state index in [9.17, 15) is 0 Å². The van der Waals surface area contributed by atoms with Crippen molar-refractivity contribution < 1.29 is 0 Å². The highest BCUT2D eigenvalue weighted by atomic mass is 15.1. The number of nitriles is 1. The maximum Gasteiger partial charge on any atom is 0.0991 e. The van der Waals surface area contributed by atoms with Crippen molar-refractivity contribution in [3.8, 4) is 6.07 Å². The molecular formula is C14H19N3. The number of rotatable bonds is 3. The summed E-state index contributed by atoms with van der Waals surface area (Å²) in [5.41, 5.74) is 1.98. The smallest absolute Gasteiger partial charge is 0.0991 e. The molecule has 0 radical (unpaired) electrons. The summed E-state index contributed by atoms with van der Waals surface area (Å²) in [5.74, 6) is 0. The van der Waals surface area contributed by atoms with Crippen LogP contribution in [0.2, 0.25) is 0 Å². The molecule has 17 heavy (non-hydrogen) atoms. The number of benzene rings is 1. The van der Waals surface area contributed by atoms with Crippen LogP contribution in [0.15, 0.2) is 24.3 Å². The zero-order valence-electron chi connectivity index (χ0n) is 10.3. The van der Waals surface area contributed by atoms with E-state index < -0.39 is 0 Å². The van der Waals surface area contributed by atoms with Crippen molar-refractivity contribution in [2.75, 3.05) is 20.1 Å². The minimum atomic E-state index is 0.641. The summed E-state index contributed by atoms with van der Waals surface area (Å²) in [7, 11) is 2.18. The van der Waals surface area contributed by atoms with E-state index in [1.54, 1.807) is 0 Å². The largest absolute Gasteiger partial charge is 0.310 e. The van der Waals surface area contributed by atoms with Gasteiger partial charge in [-0.25, -0.2) is 0 Å². The predicted octanol–water partition coefficient (Wildman–Crippen LogP) is 1.74. The number of likely N-dealkylation sites (tertiary alicyclic amines) is 1. The van der Waals surface area contributed by atoms with Crippen LogP contribution >= 0.6 is 0 Å². The van der Waals surface area contributed by atoms with Gasteiger partial charge in [-0.1, -0.05) is 12.1 Å². The van der Waals surface area contributed by atoms with Gasteiger partial charge in [0.25, 0.3) is 0 Å². The maximum absolute atomic E-state index is 8.72. The molecule has 90 valence electrons. The molecule has 1 heterocycles. The first-order chi connectivity index (χ1) is 8.28. The lowest BCUT2D eigenvalue weighted by Crippen LogP contribution is -2.40. The van der Waals surface area contributed by atoms with Gasteiger partial charge in [0, 0.05) is 12.6 Å². The van der Waals surface area contributed by atoms with Gasteiger partial charge in [0.2, 0.25) is 0 Å². The monoisotopic (exact) mass is 229 g/mol. The first-order valence-electron chi connectivity index (χ1n) is 6.19. The highest BCUT2D eigenvalue weighted by Crippen LogP contribution is 2.10. The molecular weight excluding hydrogens is 210 g/mol. The molecule has 1 fully saturated rings. The molecule has 1 aromatic rings. The van der Waals surface area contributed by atoms with Gasteiger partial charge in [0.05, 0.1) is 11.6 Å². The van der Waals surface area contributed by atoms with Crippen LogP contribution in [-0.2, 0) is 6.54 Å². The van der Waals surface area contributed by atoms with E-state index in [1.165, 1.54) is 31.5 Å². The quantitative estimate of drug-likeness (QED) is 0.858. The Hall–Kier alpha value is -1.37. The van der Waals surface area contributed by atoms with Crippen LogP contribution in [0.25, 0.3) is 0 Å². The number of nitrogens with zero attached hydrogens (tertiary/aromatic N) is 2. The van der Waals surface area contributed by atoms with Gasteiger partial charge in [0.1, 0.15) is 0 Å². The Morgan fingerprint density at radius 2 is 1.94 bits per heavy atom. The average molecular weight is 229 g/mol. The van der Waals surface area contributed by atoms with Gasteiger partial charge >= 0.3 is 0 Å². The summed E-state index contributed by atoms with van der Waals surface area (Å²) in [4.78, 5) is 2.37. The van der Waals surface area contributed by atoms with E-state index in [4.69, 9.17) is 5.26 Å². The molecule has 2 rings (SSSR count). The Morgan fingerprint density at radius 1 is 1.29 bits per heavy atom. The maximum atomic E-state index is 8.72. The summed E-state index contributed by atoms with van der Waals surface area (Å²) in [6, 6.07) is 10.6. The summed E-state index contributed by atoms with van der Waals surface area (Å²) in [6.07, 6.45) is 2.46. The molecule has 1 aromatic carbocycles. The second-order valence-corrected chi connectivity index (χ2v) is 4.77. The van der Waals surface area contributed by atoms with E-state index in [-0.39, 0.29) is 0 Å². The molecule has 0 aliphatic carbocycles. The van der Waals surface area contributed by atoms with Crippen molar-refractivity contribution in [3.63, 3.8) is 0 Å². The average Bonchev–Trinajstić information content (AvgIpc) is 2.39. The lowest BCUT2D eigenvalue weighted by molar-refractivity contribution is 0.234. The van der Waals surface area contributed by atoms with E-state index in [0.717, 1.165) is 12.1 Å². The van der Waals surface area contributed by atoms with Gasteiger partial charge in [-0.15, -0.1) is 0 Å². The normalized spacial score (nSPS) is 17.9. The minimum Gasteiger partial charge on any atom is -0.310 e. The first kappa shape index (κ1) is 12.1. The predicted molar refractivity (Wildman–Crippen MR) is 68.5 cm³/mol. The molecule has 0 amide bonds. The third kappa shape index (κ3) is 3.55. The van der Waals surface area contributed by atoms with Gasteiger partial charge in [0.15, 0.2) is 0 Å². The number of piperidine rings is 1. The Labute approximate surface area is 103 Å². The van der Waals surface area contributed by atoms with Crippen molar-refractivity contribution >= 4 is 0 Å². The fourth-order valence-electron chi connectivity index (χ4n) is 2.17. The Balaban J connectivity index is 1.79. The number of hydrogen-bond acceptors (Lipinski definition) is 3. The van der Waals surface area contributed by atoms with Crippen LogP contribution in [0, 0.1) is 11.3 Å². The fourth-order valence-corrected chi connectivity index (χ4v) is 2.17. The lowest BCUT2D eigenvalue weighted by atomic mass is 10.0. The van der Waals surface area contributed by atoms with Crippen molar-refractivity contribution in [1.82, 2.24) is 10.2 Å². The second-order valence-electron chi connectivity index (χ2n) is 4.77. The fraction of sp³-hybridized carbons (Fsp3) is 0.500. The van der Waals surface area contributed by atoms with Crippen LogP contribution in [0.4, 0.5) is 0 Å². The van der Waals surface area contributed by atoms with E-state index >= 15 is 0 Å². The Kier molecular flexibility index (Phi) is 4.13. The molecule has 3 heteroatoms. The molecule has 1 aliphatic heterocycles. The van der Waals surface area contributed by atoms with Gasteiger partial charge < -0.3 is 10.2 Å². The Bertz CT molecular complexity index is 383. The van der Waals surface area contributed by atoms with E-state index in [0.29, 0.717) is 6.04 Å². The van der Waals surface area contributed by atoms with Crippen molar-refractivity contribution in [2.24, 2.45) is 0 Å². The molecule has 0 spiro atoms. The highest BCUT2D eigenvalue weighted by molar-refractivity contribution is 5.31. The Morgan fingerprint density at radius 3 is 2.53 bits per heavy atom. The summed E-state index contributed by atoms with van der Waals surface area (Å²) in [5, 5.41) is 12.3. The summed E-state index contributed by atoms with van der Waals surface area (Å²) >= 11 is 0. The zero-order chi connectivity index (χ0) is 12.1. The van der Waals surface area contributed by atoms with Crippen LogP contribution in [0.1, 0.15) is 24.0 Å². The SMILES string of the molecule is CN1CCC(NCc2ccc(C#N)cc2)CC1. The number of nitrogens with one attached hydrogen (secondary N) is 1. The zero-order valence-corrected chi connectivity index (χ0v) is 10.3. The third-order valence-corrected chi connectivity index (χ3v) is 3.40. The third-order valence-electron chi connectivity index (χ3n) is 3.40. The topological polar surface area (TPSA) is 39.1 Å². The minimum absolute atomic E-state index is 0.641. The van der Waals surface area contributed by atoms with E-state index in [1.807, 2.05) is 24.3 Å². The molecule has 0 saturated carbocycles. The molecule has 1 saturated heterocycles.